The molecule has 0 spiro atoms. The summed E-state index contributed by atoms with van der Waals surface area (Å²) in [6.07, 6.45) is -0.231. The lowest BCUT2D eigenvalue weighted by Crippen LogP contribution is -2.40. The average Bonchev–Trinajstić information content (AvgIpc) is 2.65. The summed E-state index contributed by atoms with van der Waals surface area (Å²) in [6.45, 7) is 0. The summed E-state index contributed by atoms with van der Waals surface area (Å²) < 4.78 is 26.6. The largest absolute Gasteiger partial charge is 0.398 e. The third-order valence-corrected chi connectivity index (χ3v) is 4.65. The van der Waals surface area contributed by atoms with Crippen LogP contribution in [0.4, 0.5) is 5.69 Å². The van der Waals surface area contributed by atoms with Gasteiger partial charge in [-0.3, -0.25) is 14.5 Å². The van der Waals surface area contributed by atoms with E-state index in [-0.39, 0.29) is 22.6 Å². The van der Waals surface area contributed by atoms with Crippen molar-refractivity contribution in [2.45, 2.75) is 17.4 Å². The lowest BCUT2D eigenvalue weighted by molar-refractivity contribution is -0.137. The Morgan fingerprint density at radius 1 is 1.43 bits per heavy atom. The summed E-state index contributed by atoms with van der Waals surface area (Å²) in [7, 11) is -2.78. The van der Waals surface area contributed by atoms with E-state index in [1.165, 1.54) is 25.2 Å². The van der Waals surface area contributed by atoms with E-state index in [0.717, 1.165) is 4.90 Å². The van der Waals surface area contributed by atoms with E-state index in [2.05, 4.69) is 4.72 Å². The molecule has 1 aliphatic rings. The minimum absolute atomic E-state index is 0.105. The van der Waals surface area contributed by atoms with E-state index in [1.54, 1.807) is 0 Å². The van der Waals surface area contributed by atoms with Gasteiger partial charge in [-0.15, -0.1) is 0 Å². The van der Waals surface area contributed by atoms with Gasteiger partial charge in [-0.05, 0) is 18.2 Å². The van der Waals surface area contributed by atoms with Crippen molar-refractivity contribution in [3.63, 3.8) is 0 Å². The van der Waals surface area contributed by atoms with E-state index in [9.17, 15) is 18.0 Å². The number of rotatable bonds is 3. The molecule has 1 heterocycles. The van der Waals surface area contributed by atoms with Gasteiger partial charge in [0.2, 0.25) is 21.8 Å². The van der Waals surface area contributed by atoms with Crippen LogP contribution in [0.1, 0.15) is 12.0 Å². The molecule has 2 rings (SSSR count). The first-order valence-electron chi connectivity index (χ1n) is 5.88. The number of amides is 2. The van der Waals surface area contributed by atoms with Crippen molar-refractivity contribution in [2.75, 3.05) is 12.8 Å². The van der Waals surface area contributed by atoms with Crippen molar-refractivity contribution in [2.24, 2.45) is 0 Å². The number of hydrogen-bond donors (Lipinski definition) is 2. The molecule has 0 aromatic heterocycles. The van der Waals surface area contributed by atoms with Crippen LogP contribution in [0, 0.1) is 11.3 Å². The Hall–Kier alpha value is -2.44. The smallest absolute Gasteiger partial charge is 0.247 e. The first-order valence-corrected chi connectivity index (χ1v) is 7.37. The van der Waals surface area contributed by atoms with Crippen LogP contribution in [0.5, 0.6) is 0 Å². The highest BCUT2D eigenvalue weighted by atomic mass is 32.2. The predicted octanol–water partition coefficient (Wildman–Crippen LogP) is -0.824. The maximum Gasteiger partial charge on any atom is 0.247 e. The van der Waals surface area contributed by atoms with Gasteiger partial charge in [-0.1, -0.05) is 0 Å². The Kier molecular flexibility index (Phi) is 3.67. The number of carbonyl (C=O) groups is 2. The zero-order chi connectivity index (χ0) is 15.8. The quantitative estimate of drug-likeness (QED) is 0.553. The second-order valence-corrected chi connectivity index (χ2v) is 6.22. The van der Waals surface area contributed by atoms with Crippen LogP contribution in [0.2, 0.25) is 0 Å². The van der Waals surface area contributed by atoms with Crippen LogP contribution in [0.3, 0.4) is 0 Å². The summed E-state index contributed by atoms with van der Waals surface area (Å²) in [5.74, 6) is -1.07. The van der Waals surface area contributed by atoms with Crippen molar-refractivity contribution < 1.29 is 18.0 Å². The summed E-state index contributed by atoms with van der Waals surface area (Å²) in [6, 6.07) is 4.41. The van der Waals surface area contributed by atoms with Crippen LogP contribution < -0.4 is 10.5 Å². The van der Waals surface area contributed by atoms with E-state index < -0.39 is 27.9 Å². The van der Waals surface area contributed by atoms with Gasteiger partial charge in [-0.25, -0.2) is 8.42 Å². The number of sulfonamides is 1. The summed E-state index contributed by atoms with van der Waals surface area (Å²) in [5, 5.41) is 8.72. The highest BCUT2D eigenvalue weighted by molar-refractivity contribution is 7.89. The molecule has 2 amide bonds. The monoisotopic (exact) mass is 308 g/mol. The van der Waals surface area contributed by atoms with Crippen molar-refractivity contribution in [1.82, 2.24) is 9.62 Å². The van der Waals surface area contributed by atoms with Gasteiger partial charge in [0.05, 0.1) is 23.7 Å². The van der Waals surface area contributed by atoms with Gasteiger partial charge >= 0.3 is 0 Å². The molecule has 1 aromatic carbocycles. The summed E-state index contributed by atoms with van der Waals surface area (Å²) in [4.78, 5) is 23.7. The number of nitrogens with zero attached hydrogens (tertiary/aromatic N) is 2. The second kappa shape index (κ2) is 5.16. The number of nitriles is 1. The topological polar surface area (TPSA) is 133 Å². The third kappa shape index (κ3) is 2.72. The molecule has 8 nitrogen and oxygen atoms in total. The van der Waals surface area contributed by atoms with E-state index >= 15 is 0 Å². The Balaban J connectivity index is 2.30. The molecule has 1 aromatic rings. The lowest BCUT2D eigenvalue weighted by atomic mass is 10.2. The maximum absolute atomic E-state index is 12.2. The molecule has 0 saturated carbocycles. The number of nitrogens with one attached hydrogen (secondary N) is 1. The highest BCUT2D eigenvalue weighted by Gasteiger charge is 2.39. The van der Waals surface area contributed by atoms with Crippen LogP contribution in [-0.4, -0.2) is 38.2 Å². The number of nitrogens with two attached hydrogens (primary N) is 1. The summed E-state index contributed by atoms with van der Waals surface area (Å²) in [5.41, 5.74) is 5.73. The first-order chi connectivity index (χ1) is 9.76. The predicted molar refractivity (Wildman–Crippen MR) is 72.1 cm³/mol. The maximum atomic E-state index is 12.2. The molecule has 1 aliphatic heterocycles. The molecule has 9 heteroatoms. The normalized spacial score (nSPS) is 18.9. The lowest BCUT2D eigenvalue weighted by Gasteiger charge is -2.13. The first kappa shape index (κ1) is 15.0. The number of carbonyl (C=O) groups excluding carboxylic acids is 2. The number of anilines is 1. The van der Waals surface area contributed by atoms with Gasteiger partial charge in [0.1, 0.15) is 10.9 Å². The van der Waals surface area contributed by atoms with Gasteiger partial charge < -0.3 is 5.73 Å². The molecule has 0 aliphatic carbocycles. The number of nitrogen functional groups attached to an aromatic ring is 1. The third-order valence-electron chi connectivity index (χ3n) is 3.11. The molecule has 1 saturated heterocycles. The van der Waals surface area contributed by atoms with Crippen molar-refractivity contribution >= 4 is 27.5 Å². The molecule has 1 atom stereocenters. The second-order valence-electron chi connectivity index (χ2n) is 4.53. The number of benzene rings is 1. The SMILES string of the molecule is CN1C(=O)CC(NS(=O)(=O)c2ccc(C#N)cc2N)C1=O. The zero-order valence-electron chi connectivity index (χ0n) is 11.0. The van der Waals surface area contributed by atoms with Crippen LogP contribution >= 0.6 is 0 Å². The molecular weight excluding hydrogens is 296 g/mol. The Morgan fingerprint density at radius 3 is 2.57 bits per heavy atom. The fraction of sp³-hybridized carbons (Fsp3) is 0.250. The van der Waals surface area contributed by atoms with E-state index in [1.807, 2.05) is 6.07 Å². The average molecular weight is 308 g/mol. The Labute approximate surface area is 121 Å². The molecular formula is C12H12N4O4S. The summed E-state index contributed by atoms with van der Waals surface area (Å²) >= 11 is 0. The highest BCUT2D eigenvalue weighted by Crippen LogP contribution is 2.21. The molecule has 0 bridgehead atoms. The molecule has 110 valence electrons. The molecule has 1 unspecified atom stereocenters. The van der Waals surface area contributed by atoms with E-state index in [0.29, 0.717) is 0 Å². The minimum atomic E-state index is -4.06. The van der Waals surface area contributed by atoms with Crippen LogP contribution in [-0.2, 0) is 19.6 Å². The number of likely N-dealkylation sites (tertiary alicyclic amines) is 1. The molecule has 3 N–H and O–H groups in total. The molecule has 21 heavy (non-hydrogen) atoms. The van der Waals surface area contributed by atoms with Crippen molar-refractivity contribution in [3.05, 3.63) is 23.8 Å². The number of likely N-dealkylation sites (N-methyl/N-ethyl adjacent to an activating group) is 1. The number of hydrogen-bond acceptors (Lipinski definition) is 6. The van der Waals surface area contributed by atoms with Crippen molar-refractivity contribution in [3.8, 4) is 6.07 Å². The fourth-order valence-electron chi connectivity index (χ4n) is 1.96. The van der Waals surface area contributed by atoms with Gasteiger partial charge in [0.15, 0.2) is 0 Å². The molecule has 1 fully saturated rings. The van der Waals surface area contributed by atoms with Crippen molar-refractivity contribution in [1.29, 1.82) is 5.26 Å². The molecule has 0 radical (unpaired) electrons. The van der Waals surface area contributed by atoms with Gasteiger partial charge in [0, 0.05) is 7.05 Å². The fourth-order valence-corrected chi connectivity index (χ4v) is 3.26. The number of imide groups is 1. The zero-order valence-corrected chi connectivity index (χ0v) is 11.8. The van der Waals surface area contributed by atoms with Crippen LogP contribution in [0.15, 0.2) is 23.1 Å². The Morgan fingerprint density at radius 2 is 2.10 bits per heavy atom. The van der Waals surface area contributed by atoms with Crippen LogP contribution in [0.25, 0.3) is 0 Å². The van der Waals surface area contributed by atoms with E-state index in [4.69, 9.17) is 11.0 Å². The standard InChI is InChI=1S/C12H12N4O4S/c1-16-11(17)5-9(12(16)18)15-21(19,20)10-3-2-7(6-13)4-8(10)14/h2-4,9,15H,5,14H2,1H3. The minimum Gasteiger partial charge on any atom is -0.398 e. The Bertz CT molecular complexity index is 766. The van der Waals surface area contributed by atoms with Gasteiger partial charge in [-0.2, -0.15) is 9.98 Å². The van der Waals surface area contributed by atoms with Gasteiger partial charge in [0.25, 0.3) is 0 Å².